The molecule has 126 valence electrons. The number of carbonyl (C=O) groups is 1. The molecule has 1 aliphatic carbocycles. The van der Waals surface area contributed by atoms with Crippen LogP contribution in [-0.2, 0) is 7.05 Å². The van der Waals surface area contributed by atoms with Crippen LogP contribution in [0.25, 0.3) is 10.9 Å². The van der Waals surface area contributed by atoms with Gasteiger partial charge < -0.3 is 15.3 Å². The Balaban J connectivity index is 1.68. The van der Waals surface area contributed by atoms with E-state index in [1.165, 1.54) is 0 Å². The summed E-state index contributed by atoms with van der Waals surface area (Å²) in [5, 5.41) is 12.0. The highest BCUT2D eigenvalue weighted by Gasteiger charge is 2.57. The SMILES string of the molecule is Cc1cc(Br)c2nc(N3C[C@@H]4[C@H](C3)[C@@H]4NC(=O)O)n(C)c(=O)c2c1. The van der Waals surface area contributed by atoms with E-state index in [2.05, 4.69) is 26.1 Å². The second-order valence-electron chi connectivity index (χ2n) is 6.63. The van der Waals surface area contributed by atoms with Gasteiger partial charge in [0.05, 0.1) is 10.9 Å². The van der Waals surface area contributed by atoms with Gasteiger partial charge in [-0.2, -0.15) is 0 Å². The van der Waals surface area contributed by atoms with Crippen molar-refractivity contribution in [3.8, 4) is 0 Å². The molecule has 2 fully saturated rings. The monoisotopic (exact) mass is 392 g/mol. The van der Waals surface area contributed by atoms with Crippen LogP contribution in [0.15, 0.2) is 21.4 Å². The van der Waals surface area contributed by atoms with E-state index in [1.807, 2.05) is 19.1 Å². The molecule has 7 nitrogen and oxygen atoms in total. The molecular weight excluding hydrogens is 376 g/mol. The molecule has 2 aliphatic rings. The Bertz CT molecular complexity index is 914. The van der Waals surface area contributed by atoms with Crippen LogP contribution in [0.2, 0.25) is 0 Å². The highest BCUT2D eigenvalue weighted by molar-refractivity contribution is 9.10. The third kappa shape index (κ3) is 2.28. The largest absolute Gasteiger partial charge is 0.465 e. The van der Waals surface area contributed by atoms with Gasteiger partial charge in [0, 0.05) is 42.5 Å². The quantitative estimate of drug-likeness (QED) is 0.811. The van der Waals surface area contributed by atoms with Crippen LogP contribution in [0, 0.1) is 18.8 Å². The molecule has 1 aliphatic heterocycles. The number of hydrogen-bond acceptors (Lipinski definition) is 4. The lowest BCUT2D eigenvalue weighted by Gasteiger charge is -2.23. The number of hydrogen-bond donors (Lipinski definition) is 2. The first-order valence-electron chi connectivity index (χ1n) is 7.78. The molecule has 0 spiro atoms. The van der Waals surface area contributed by atoms with E-state index in [0.29, 0.717) is 41.8 Å². The number of anilines is 1. The molecule has 3 atom stereocenters. The zero-order valence-corrected chi connectivity index (χ0v) is 14.9. The zero-order chi connectivity index (χ0) is 17.2. The minimum Gasteiger partial charge on any atom is -0.465 e. The molecule has 1 saturated carbocycles. The predicted octanol–water partition coefficient (Wildman–Crippen LogP) is 1.71. The van der Waals surface area contributed by atoms with Crippen LogP contribution in [0.3, 0.4) is 0 Å². The highest BCUT2D eigenvalue weighted by Crippen LogP contribution is 2.46. The fraction of sp³-hybridized carbons (Fsp3) is 0.438. The van der Waals surface area contributed by atoms with Crippen LogP contribution in [0.5, 0.6) is 0 Å². The maximum absolute atomic E-state index is 12.7. The summed E-state index contributed by atoms with van der Waals surface area (Å²) in [5.74, 6) is 1.24. The molecular formula is C16H17BrN4O3. The average Bonchev–Trinajstić information content (AvgIpc) is 2.94. The second-order valence-corrected chi connectivity index (χ2v) is 7.48. The van der Waals surface area contributed by atoms with Gasteiger partial charge in [-0.15, -0.1) is 0 Å². The topological polar surface area (TPSA) is 87.5 Å². The van der Waals surface area contributed by atoms with E-state index in [0.717, 1.165) is 10.0 Å². The molecule has 8 heteroatoms. The zero-order valence-electron chi connectivity index (χ0n) is 13.3. The predicted molar refractivity (Wildman–Crippen MR) is 93.6 cm³/mol. The van der Waals surface area contributed by atoms with Gasteiger partial charge in [-0.05, 0) is 40.5 Å². The highest BCUT2D eigenvalue weighted by atomic mass is 79.9. The summed E-state index contributed by atoms with van der Waals surface area (Å²) in [5.41, 5.74) is 1.60. The summed E-state index contributed by atoms with van der Waals surface area (Å²) in [6, 6.07) is 3.84. The van der Waals surface area contributed by atoms with Crippen LogP contribution in [0.4, 0.5) is 10.7 Å². The van der Waals surface area contributed by atoms with Crippen LogP contribution in [-0.4, -0.2) is 39.9 Å². The minimum atomic E-state index is -0.975. The lowest BCUT2D eigenvalue weighted by molar-refractivity contribution is 0.192. The number of nitrogens with zero attached hydrogens (tertiary/aromatic N) is 3. The van der Waals surface area contributed by atoms with Crippen molar-refractivity contribution in [2.45, 2.75) is 13.0 Å². The lowest BCUT2D eigenvalue weighted by atomic mass is 10.2. The molecule has 2 aromatic rings. The van der Waals surface area contributed by atoms with Crippen molar-refractivity contribution in [3.05, 3.63) is 32.5 Å². The van der Waals surface area contributed by atoms with Crippen molar-refractivity contribution in [1.29, 1.82) is 0 Å². The Labute approximate surface area is 146 Å². The van der Waals surface area contributed by atoms with Crippen molar-refractivity contribution in [2.75, 3.05) is 18.0 Å². The molecule has 1 amide bonds. The Morgan fingerprint density at radius 3 is 2.67 bits per heavy atom. The van der Waals surface area contributed by atoms with Gasteiger partial charge in [-0.25, -0.2) is 9.78 Å². The summed E-state index contributed by atoms with van der Waals surface area (Å²) >= 11 is 3.50. The van der Waals surface area contributed by atoms with Crippen LogP contribution < -0.4 is 15.8 Å². The third-order valence-electron chi connectivity index (χ3n) is 5.02. The first-order valence-corrected chi connectivity index (χ1v) is 8.57. The van der Waals surface area contributed by atoms with E-state index in [1.54, 1.807) is 11.6 Å². The molecule has 1 aromatic heterocycles. The molecule has 2 N–H and O–H groups in total. The normalized spacial score (nSPS) is 25.0. The number of aryl methyl sites for hydroxylation is 1. The van der Waals surface area contributed by atoms with Gasteiger partial charge in [0.2, 0.25) is 5.95 Å². The second kappa shape index (κ2) is 5.20. The van der Waals surface area contributed by atoms with Gasteiger partial charge in [-0.3, -0.25) is 9.36 Å². The van der Waals surface area contributed by atoms with Crippen LogP contribution in [0.1, 0.15) is 5.56 Å². The molecule has 0 bridgehead atoms. The van der Waals surface area contributed by atoms with E-state index in [9.17, 15) is 9.59 Å². The van der Waals surface area contributed by atoms with E-state index < -0.39 is 6.09 Å². The van der Waals surface area contributed by atoms with Gasteiger partial charge in [0.1, 0.15) is 0 Å². The summed E-state index contributed by atoms with van der Waals surface area (Å²) in [6.45, 7) is 3.37. The molecule has 0 radical (unpaired) electrons. The molecule has 4 rings (SSSR count). The van der Waals surface area contributed by atoms with Crippen molar-refractivity contribution in [2.24, 2.45) is 18.9 Å². The van der Waals surface area contributed by atoms with Gasteiger partial charge >= 0.3 is 6.09 Å². The number of rotatable bonds is 2. The lowest BCUT2D eigenvalue weighted by Crippen LogP contribution is -2.36. The number of nitrogens with one attached hydrogen (secondary N) is 1. The number of carboxylic acid groups (broad SMARTS) is 1. The van der Waals surface area contributed by atoms with Gasteiger partial charge in [0.15, 0.2) is 0 Å². The van der Waals surface area contributed by atoms with Gasteiger partial charge in [-0.1, -0.05) is 0 Å². The van der Waals surface area contributed by atoms with Crippen molar-refractivity contribution < 1.29 is 9.90 Å². The standard InChI is InChI=1S/C16H17BrN4O3/c1-7-3-8-13(11(17)4-7)18-15(20(2)14(8)22)21-5-9-10(6-21)12(9)19-16(23)24/h3-4,9-10,12,19H,5-6H2,1-2H3,(H,23,24)/t9-,10+,12-. The molecule has 2 heterocycles. The number of amides is 1. The molecule has 1 saturated heterocycles. The third-order valence-corrected chi connectivity index (χ3v) is 5.63. The first-order chi connectivity index (χ1) is 11.4. The number of fused-ring (bicyclic) bond motifs is 2. The van der Waals surface area contributed by atoms with Crippen LogP contribution >= 0.6 is 15.9 Å². The Morgan fingerprint density at radius 2 is 2.04 bits per heavy atom. The Kier molecular flexibility index (Phi) is 3.35. The summed E-state index contributed by atoms with van der Waals surface area (Å²) in [7, 11) is 1.73. The fourth-order valence-electron chi connectivity index (χ4n) is 3.79. The minimum absolute atomic E-state index is 0.0330. The van der Waals surface area contributed by atoms with Crippen molar-refractivity contribution in [1.82, 2.24) is 14.9 Å². The molecule has 1 aromatic carbocycles. The number of aromatic nitrogens is 2. The average molecular weight is 393 g/mol. The first kappa shape index (κ1) is 15.4. The number of halogens is 1. The Hall–Kier alpha value is -2.09. The van der Waals surface area contributed by atoms with Crippen molar-refractivity contribution >= 4 is 38.9 Å². The van der Waals surface area contributed by atoms with E-state index in [-0.39, 0.29) is 11.6 Å². The summed E-state index contributed by atoms with van der Waals surface area (Å²) < 4.78 is 2.39. The molecule has 0 unspecified atom stereocenters. The maximum Gasteiger partial charge on any atom is 0.404 e. The number of benzene rings is 1. The smallest absolute Gasteiger partial charge is 0.404 e. The van der Waals surface area contributed by atoms with Crippen molar-refractivity contribution in [3.63, 3.8) is 0 Å². The maximum atomic E-state index is 12.7. The fourth-order valence-corrected chi connectivity index (χ4v) is 4.45. The van der Waals surface area contributed by atoms with Gasteiger partial charge in [0.25, 0.3) is 5.56 Å². The Morgan fingerprint density at radius 1 is 1.38 bits per heavy atom. The van der Waals surface area contributed by atoms with E-state index in [4.69, 9.17) is 10.1 Å². The summed E-state index contributed by atoms with van der Waals surface area (Å²) in [4.78, 5) is 30.2. The number of piperidine rings is 1. The summed E-state index contributed by atoms with van der Waals surface area (Å²) in [6.07, 6.45) is -0.975. The molecule has 24 heavy (non-hydrogen) atoms. The van der Waals surface area contributed by atoms with E-state index >= 15 is 0 Å².